The highest BCUT2D eigenvalue weighted by molar-refractivity contribution is 7.11. The molecule has 2 rings (SSSR count). The summed E-state index contributed by atoms with van der Waals surface area (Å²) < 4.78 is 4.97. The zero-order valence-electron chi connectivity index (χ0n) is 6.44. The molecule has 0 aliphatic heterocycles. The monoisotopic (exact) mass is 181 g/mol. The first kappa shape index (κ1) is 7.30. The van der Waals surface area contributed by atoms with Gasteiger partial charge in [0.25, 0.3) is 5.19 Å². The van der Waals surface area contributed by atoms with Crippen LogP contribution in [0.5, 0.6) is 5.19 Å². The fourth-order valence-corrected chi connectivity index (χ4v) is 1.52. The smallest absolute Gasteiger partial charge is 0.273 e. The molecule has 0 aliphatic rings. The van der Waals surface area contributed by atoms with Gasteiger partial charge in [0.1, 0.15) is 0 Å². The Morgan fingerprint density at radius 3 is 3.08 bits per heavy atom. The average molecular weight is 181 g/mol. The normalized spacial score (nSPS) is 10.1. The van der Waals surface area contributed by atoms with E-state index in [0.29, 0.717) is 5.19 Å². The van der Waals surface area contributed by atoms with Crippen molar-refractivity contribution in [3.05, 3.63) is 17.8 Å². The van der Waals surface area contributed by atoms with Crippen molar-refractivity contribution in [2.75, 3.05) is 7.11 Å². The summed E-state index contributed by atoms with van der Waals surface area (Å²) in [4.78, 5) is 4.21. The maximum atomic E-state index is 4.97. The largest absolute Gasteiger partial charge is 0.473 e. The van der Waals surface area contributed by atoms with Gasteiger partial charge in [0, 0.05) is 17.1 Å². The number of nitrogens with one attached hydrogen (secondary N) is 1. The lowest BCUT2D eigenvalue weighted by Gasteiger charge is -1.88. The Balaban J connectivity index is 2.35. The number of aromatic nitrogens is 3. The number of methoxy groups -OCH3 is 1. The molecule has 0 saturated heterocycles. The minimum absolute atomic E-state index is 0.672. The van der Waals surface area contributed by atoms with Crippen LogP contribution in [-0.2, 0) is 0 Å². The van der Waals surface area contributed by atoms with Crippen molar-refractivity contribution in [3.63, 3.8) is 0 Å². The fourth-order valence-electron chi connectivity index (χ4n) is 0.875. The van der Waals surface area contributed by atoms with E-state index in [0.717, 1.165) is 11.3 Å². The maximum Gasteiger partial charge on any atom is 0.273 e. The SMILES string of the molecule is COc1nc(-c2cn[nH]c2)cs1. The van der Waals surface area contributed by atoms with Crippen LogP contribution in [0.3, 0.4) is 0 Å². The van der Waals surface area contributed by atoms with Crippen LogP contribution >= 0.6 is 11.3 Å². The molecule has 1 N–H and O–H groups in total. The summed E-state index contributed by atoms with van der Waals surface area (Å²) in [5.74, 6) is 0. The molecule has 0 spiro atoms. The Morgan fingerprint density at radius 1 is 1.58 bits per heavy atom. The highest BCUT2D eigenvalue weighted by Gasteiger charge is 2.04. The van der Waals surface area contributed by atoms with Gasteiger partial charge in [0.05, 0.1) is 19.0 Å². The van der Waals surface area contributed by atoms with Crippen LogP contribution in [0.2, 0.25) is 0 Å². The second kappa shape index (κ2) is 2.94. The van der Waals surface area contributed by atoms with Crippen molar-refractivity contribution >= 4 is 11.3 Å². The molecular weight excluding hydrogens is 174 g/mol. The molecule has 2 heterocycles. The van der Waals surface area contributed by atoms with Crippen molar-refractivity contribution in [1.29, 1.82) is 0 Å². The van der Waals surface area contributed by atoms with Gasteiger partial charge in [-0.2, -0.15) is 5.10 Å². The van der Waals surface area contributed by atoms with Gasteiger partial charge in [-0.05, 0) is 0 Å². The van der Waals surface area contributed by atoms with Crippen LogP contribution in [0.4, 0.5) is 0 Å². The Kier molecular flexibility index (Phi) is 1.79. The number of hydrogen-bond acceptors (Lipinski definition) is 4. The van der Waals surface area contributed by atoms with Crippen molar-refractivity contribution < 1.29 is 4.74 Å². The van der Waals surface area contributed by atoms with Gasteiger partial charge >= 0.3 is 0 Å². The molecule has 5 heteroatoms. The second-order valence-electron chi connectivity index (χ2n) is 2.19. The van der Waals surface area contributed by atoms with Crippen LogP contribution < -0.4 is 4.74 Å². The first-order chi connectivity index (χ1) is 5.90. The maximum absolute atomic E-state index is 4.97. The van der Waals surface area contributed by atoms with Gasteiger partial charge in [0.2, 0.25) is 0 Å². The average Bonchev–Trinajstić information content (AvgIpc) is 2.75. The zero-order valence-corrected chi connectivity index (χ0v) is 7.26. The van der Waals surface area contributed by atoms with Crippen LogP contribution in [-0.4, -0.2) is 22.3 Å². The van der Waals surface area contributed by atoms with E-state index in [9.17, 15) is 0 Å². The van der Waals surface area contributed by atoms with Gasteiger partial charge in [-0.1, -0.05) is 11.3 Å². The lowest BCUT2D eigenvalue weighted by molar-refractivity contribution is 0.412. The lowest BCUT2D eigenvalue weighted by atomic mass is 10.3. The molecule has 0 saturated carbocycles. The predicted octanol–water partition coefficient (Wildman–Crippen LogP) is 1.54. The van der Waals surface area contributed by atoms with Gasteiger partial charge in [-0.3, -0.25) is 5.10 Å². The molecule has 0 aliphatic carbocycles. The number of thiazole rings is 1. The third kappa shape index (κ3) is 1.18. The molecule has 2 aromatic rings. The number of nitrogens with zero attached hydrogens (tertiary/aromatic N) is 2. The van der Waals surface area contributed by atoms with Crippen LogP contribution in [0.15, 0.2) is 17.8 Å². The Bertz CT molecular complexity index is 354. The van der Waals surface area contributed by atoms with Crippen molar-refractivity contribution in [2.45, 2.75) is 0 Å². The van der Waals surface area contributed by atoms with Gasteiger partial charge in [-0.15, -0.1) is 0 Å². The van der Waals surface area contributed by atoms with E-state index in [1.165, 1.54) is 11.3 Å². The Labute approximate surface area is 73.2 Å². The molecule has 0 atom stereocenters. The molecule has 12 heavy (non-hydrogen) atoms. The van der Waals surface area contributed by atoms with E-state index in [-0.39, 0.29) is 0 Å². The molecule has 0 aromatic carbocycles. The summed E-state index contributed by atoms with van der Waals surface area (Å²) in [5.41, 5.74) is 1.88. The van der Waals surface area contributed by atoms with Crippen molar-refractivity contribution in [3.8, 4) is 16.5 Å². The fraction of sp³-hybridized carbons (Fsp3) is 0.143. The first-order valence-electron chi connectivity index (χ1n) is 3.39. The number of hydrogen-bond donors (Lipinski definition) is 1. The molecule has 4 nitrogen and oxygen atoms in total. The van der Waals surface area contributed by atoms with Crippen molar-refractivity contribution in [1.82, 2.24) is 15.2 Å². The second-order valence-corrected chi connectivity index (χ2v) is 3.01. The summed E-state index contributed by atoms with van der Waals surface area (Å²) in [6.07, 6.45) is 3.53. The number of H-pyrrole nitrogens is 1. The number of ether oxygens (including phenoxy) is 1. The van der Waals surface area contributed by atoms with E-state index >= 15 is 0 Å². The van der Waals surface area contributed by atoms with E-state index in [1.807, 2.05) is 5.38 Å². The number of rotatable bonds is 2. The van der Waals surface area contributed by atoms with E-state index in [1.54, 1.807) is 19.5 Å². The summed E-state index contributed by atoms with van der Waals surface area (Å²) in [6, 6.07) is 0. The Morgan fingerprint density at radius 2 is 2.50 bits per heavy atom. The quantitative estimate of drug-likeness (QED) is 0.764. The molecule has 0 radical (unpaired) electrons. The summed E-state index contributed by atoms with van der Waals surface area (Å²) in [5, 5.41) is 9.17. The molecular formula is C7H7N3OS. The highest BCUT2D eigenvalue weighted by Crippen LogP contribution is 2.24. The first-order valence-corrected chi connectivity index (χ1v) is 4.27. The summed E-state index contributed by atoms with van der Waals surface area (Å²) in [6.45, 7) is 0. The van der Waals surface area contributed by atoms with Crippen LogP contribution in [0.25, 0.3) is 11.3 Å². The molecule has 0 unspecified atom stereocenters. The predicted molar refractivity (Wildman–Crippen MR) is 46.2 cm³/mol. The minimum Gasteiger partial charge on any atom is -0.473 e. The van der Waals surface area contributed by atoms with E-state index in [4.69, 9.17) is 4.74 Å². The van der Waals surface area contributed by atoms with Crippen LogP contribution in [0.1, 0.15) is 0 Å². The topological polar surface area (TPSA) is 50.8 Å². The standard InChI is InChI=1S/C7H7N3OS/c1-11-7-10-6(4-12-7)5-2-8-9-3-5/h2-4H,1H3,(H,8,9). The van der Waals surface area contributed by atoms with Gasteiger partial charge < -0.3 is 4.74 Å². The molecule has 0 amide bonds. The van der Waals surface area contributed by atoms with E-state index < -0.39 is 0 Å². The van der Waals surface area contributed by atoms with Gasteiger partial charge in [0.15, 0.2) is 0 Å². The molecule has 0 fully saturated rings. The zero-order chi connectivity index (χ0) is 8.39. The summed E-state index contributed by atoms with van der Waals surface area (Å²) >= 11 is 1.47. The third-order valence-electron chi connectivity index (χ3n) is 1.45. The lowest BCUT2D eigenvalue weighted by Crippen LogP contribution is -1.80. The van der Waals surface area contributed by atoms with Crippen molar-refractivity contribution in [2.24, 2.45) is 0 Å². The molecule has 62 valence electrons. The molecule has 0 bridgehead atoms. The van der Waals surface area contributed by atoms with Crippen LogP contribution in [0, 0.1) is 0 Å². The van der Waals surface area contributed by atoms with Gasteiger partial charge in [-0.25, -0.2) is 4.98 Å². The summed E-state index contributed by atoms with van der Waals surface area (Å²) in [7, 11) is 1.61. The minimum atomic E-state index is 0.672. The third-order valence-corrected chi connectivity index (χ3v) is 2.25. The Hall–Kier alpha value is -1.36. The highest BCUT2D eigenvalue weighted by atomic mass is 32.1. The van der Waals surface area contributed by atoms with E-state index in [2.05, 4.69) is 15.2 Å². The molecule has 2 aromatic heterocycles. The number of aromatic amines is 1.